The zero-order valence-electron chi connectivity index (χ0n) is 13.2. The van der Waals surface area contributed by atoms with Crippen molar-refractivity contribution >= 4 is 0 Å². The van der Waals surface area contributed by atoms with E-state index in [1.54, 1.807) is 0 Å². The second kappa shape index (κ2) is 6.13. The van der Waals surface area contributed by atoms with Crippen molar-refractivity contribution in [3.63, 3.8) is 0 Å². The fourth-order valence-electron chi connectivity index (χ4n) is 2.56. The van der Waals surface area contributed by atoms with Crippen LogP contribution in [0.3, 0.4) is 0 Å². The molecule has 120 valence electrons. The number of nitrogens with zero attached hydrogens (tertiary/aromatic N) is 4. The summed E-state index contributed by atoms with van der Waals surface area (Å²) in [6.45, 7) is 8.00. The number of hydrogen-bond donors (Lipinski definition) is 2. The second-order valence-corrected chi connectivity index (χ2v) is 6.67. The molecule has 8 nitrogen and oxygen atoms in total. The lowest BCUT2D eigenvalue weighted by atomic mass is 9.85. The Morgan fingerprint density at radius 1 is 1.41 bits per heavy atom. The van der Waals surface area contributed by atoms with Crippen LogP contribution in [0.1, 0.15) is 45.5 Å². The number of H-pyrrole nitrogens is 1. The van der Waals surface area contributed by atoms with E-state index in [9.17, 15) is 0 Å². The second-order valence-electron chi connectivity index (χ2n) is 6.67. The highest BCUT2D eigenvalue weighted by atomic mass is 16.5. The first kappa shape index (κ1) is 15.1. The molecule has 1 fully saturated rings. The minimum Gasteiger partial charge on any atom is -0.380 e. The van der Waals surface area contributed by atoms with E-state index in [1.807, 2.05) is 0 Å². The van der Waals surface area contributed by atoms with Gasteiger partial charge in [-0.05, 0) is 18.3 Å². The molecule has 22 heavy (non-hydrogen) atoms. The van der Waals surface area contributed by atoms with Crippen molar-refractivity contribution in [1.82, 2.24) is 30.6 Å². The molecule has 2 aromatic heterocycles. The van der Waals surface area contributed by atoms with Crippen LogP contribution in [0.4, 0.5) is 0 Å². The molecule has 0 spiro atoms. The maximum absolute atomic E-state index is 5.54. The maximum Gasteiger partial charge on any atom is 0.244 e. The third-order valence-electron chi connectivity index (χ3n) is 3.74. The Bertz CT molecular complexity index is 583. The van der Waals surface area contributed by atoms with Crippen molar-refractivity contribution in [2.45, 2.75) is 45.7 Å². The Kier molecular flexibility index (Phi) is 4.21. The van der Waals surface area contributed by atoms with Crippen molar-refractivity contribution in [2.24, 2.45) is 5.41 Å². The lowest BCUT2D eigenvalue weighted by molar-refractivity contribution is 0.0551. The zero-order chi connectivity index (χ0) is 15.6. The molecule has 0 amide bonds. The number of nitrogens with one attached hydrogen (secondary N) is 2. The van der Waals surface area contributed by atoms with Gasteiger partial charge in [-0.1, -0.05) is 25.9 Å². The smallest absolute Gasteiger partial charge is 0.244 e. The number of aromatic nitrogens is 5. The van der Waals surface area contributed by atoms with Crippen molar-refractivity contribution in [1.29, 1.82) is 0 Å². The Hall–Kier alpha value is -1.80. The summed E-state index contributed by atoms with van der Waals surface area (Å²) >= 11 is 0. The standard InChI is InChI=1S/C14H22N6O2/c1-14(2,3)10(17-9-5-4-6-21-7-9)13-18-12(20-22-13)11-15-8-16-19-11/h8-10,17H,4-7H2,1-3H3,(H,15,16,19)/t9-,10-/m0/s1. The number of ether oxygens (including phenoxy) is 1. The SMILES string of the molecule is CC(C)(C)[C@@H](N[C@H]1CCCOC1)c1nc(-c2ncn[nH]2)no1. The van der Waals surface area contributed by atoms with E-state index in [4.69, 9.17) is 9.26 Å². The summed E-state index contributed by atoms with van der Waals surface area (Å²) in [6.07, 6.45) is 3.58. The highest BCUT2D eigenvalue weighted by Gasteiger charge is 2.34. The summed E-state index contributed by atoms with van der Waals surface area (Å²) in [5, 5.41) is 14.1. The van der Waals surface area contributed by atoms with Crippen LogP contribution in [0.25, 0.3) is 11.6 Å². The molecule has 0 aliphatic carbocycles. The van der Waals surface area contributed by atoms with Gasteiger partial charge < -0.3 is 14.6 Å². The van der Waals surface area contributed by atoms with E-state index in [2.05, 4.69) is 51.4 Å². The zero-order valence-corrected chi connectivity index (χ0v) is 13.2. The van der Waals surface area contributed by atoms with Crippen molar-refractivity contribution in [3.8, 4) is 11.6 Å². The van der Waals surface area contributed by atoms with Gasteiger partial charge in [-0.3, -0.25) is 5.10 Å². The molecule has 8 heteroatoms. The van der Waals surface area contributed by atoms with Gasteiger partial charge in [0.25, 0.3) is 0 Å². The number of rotatable bonds is 4. The monoisotopic (exact) mass is 306 g/mol. The van der Waals surface area contributed by atoms with Crippen molar-refractivity contribution in [2.75, 3.05) is 13.2 Å². The average Bonchev–Trinajstić information content (AvgIpc) is 3.15. The van der Waals surface area contributed by atoms with Gasteiger partial charge in [0.05, 0.1) is 12.6 Å². The van der Waals surface area contributed by atoms with Crippen LogP contribution in [0.5, 0.6) is 0 Å². The third-order valence-corrected chi connectivity index (χ3v) is 3.74. The molecule has 2 aromatic rings. The fraction of sp³-hybridized carbons (Fsp3) is 0.714. The normalized spacial score (nSPS) is 21.0. The van der Waals surface area contributed by atoms with Gasteiger partial charge in [-0.2, -0.15) is 10.1 Å². The van der Waals surface area contributed by atoms with Gasteiger partial charge in [0.1, 0.15) is 6.33 Å². The average molecular weight is 306 g/mol. The first-order chi connectivity index (χ1) is 10.5. The molecule has 0 bridgehead atoms. The largest absolute Gasteiger partial charge is 0.380 e. The van der Waals surface area contributed by atoms with Crippen LogP contribution in [-0.2, 0) is 4.74 Å². The summed E-state index contributed by atoms with van der Waals surface area (Å²) < 4.78 is 11.0. The first-order valence-electron chi connectivity index (χ1n) is 7.57. The molecule has 0 radical (unpaired) electrons. The van der Waals surface area contributed by atoms with E-state index in [0.29, 0.717) is 23.6 Å². The first-order valence-corrected chi connectivity index (χ1v) is 7.57. The molecule has 1 saturated heterocycles. The van der Waals surface area contributed by atoms with E-state index in [0.717, 1.165) is 26.1 Å². The van der Waals surface area contributed by atoms with Gasteiger partial charge in [0.2, 0.25) is 11.7 Å². The van der Waals surface area contributed by atoms with Gasteiger partial charge >= 0.3 is 0 Å². The minimum atomic E-state index is -0.0668. The van der Waals surface area contributed by atoms with Crippen LogP contribution in [0.15, 0.2) is 10.9 Å². The summed E-state index contributed by atoms with van der Waals surface area (Å²) in [4.78, 5) is 8.52. The van der Waals surface area contributed by atoms with E-state index >= 15 is 0 Å². The summed E-state index contributed by atoms with van der Waals surface area (Å²) in [6, 6.07) is 0.252. The third kappa shape index (κ3) is 3.33. The highest BCUT2D eigenvalue weighted by molar-refractivity contribution is 5.39. The van der Waals surface area contributed by atoms with Crippen LogP contribution >= 0.6 is 0 Å². The predicted octanol–water partition coefficient (Wildman–Crippen LogP) is 1.71. The molecule has 1 aliphatic heterocycles. The maximum atomic E-state index is 5.54. The molecule has 2 atom stereocenters. The minimum absolute atomic E-state index is 0.0524. The lowest BCUT2D eigenvalue weighted by Gasteiger charge is -2.33. The quantitative estimate of drug-likeness (QED) is 0.886. The van der Waals surface area contributed by atoms with Crippen molar-refractivity contribution < 1.29 is 9.26 Å². The van der Waals surface area contributed by atoms with Crippen LogP contribution < -0.4 is 5.32 Å². The number of hydrogen-bond acceptors (Lipinski definition) is 7. The Balaban J connectivity index is 1.80. The Morgan fingerprint density at radius 3 is 2.91 bits per heavy atom. The van der Waals surface area contributed by atoms with Crippen LogP contribution in [0.2, 0.25) is 0 Å². The molecule has 2 N–H and O–H groups in total. The molecular weight excluding hydrogens is 284 g/mol. The predicted molar refractivity (Wildman–Crippen MR) is 78.8 cm³/mol. The molecular formula is C14H22N6O2. The van der Waals surface area contributed by atoms with Gasteiger partial charge in [-0.15, -0.1) is 0 Å². The van der Waals surface area contributed by atoms with Crippen LogP contribution in [-0.4, -0.2) is 44.6 Å². The molecule has 1 aliphatic rings. The molecule has 0 unspecified atom stereocenters. The van der Waals surface area contributed by atoms with Gasteiger partial charge in [0, 0.05) is 12.6 Å². The van der Waals surface area contributed by atoms with E-state index in [1.165, 1.54) is 6.33 Å². The van der Waals surface area contributed by atoms with Crippen molar-refractivity contribution in [3.05, 3.63) is 12.2 Å². The van der Waals surface area contributed by atoms with E-state index in [-0.39, 0.29) is 11.5 Å². The van der Waals surface area contributed by atoms with Gasteiger partial charge in [-0.25, -0.2) is 4.98 Å². The summed E-state index contributed by atoms with van der Waals surface area (Å²) in [5.41, 5.74) is -0.0668. The van der Waals surface area contributed by atoms with Gasteiger partial charge in [0.15, 0.2) is 5.82 Å². The Labute approximate surface area is 129 Å². The highest BCUT2D eigenvalue weighted by Crippen LogP contribution is 2.33. The molecule has 0 aromatic carbocycles. The van der Waals surface area contributed by atoms with E-state index < -0.39 is 0 Å². The molecule has 3 rings (SSSR count). The lowest BCUT2D eigenvalue weighted by Crippen LogP contribution is -2.43. The molecule has 3 heterocycles. The summed E-state index contributed by atoms with van der Waals surface area (Å²) in [5.74, 6) is 1.48. The Morgan fingerprint density at radius 2 is 2.27 bits per heavy atom. The summed E-state index contributed by atoms with van der Waals surface area (Å²) in [7, 11) is 0. The topological polar surface area (TPSA) is 102 Å². The number of aromatic amines is 1. The van der Waals surface area contributed by atoms with Crippen LogP contribution in [0, 0.1) is 5.41 Å². The fourth-order valence-corrected chi connectivity index (χ4v) is 2.56. The molecule has 0 saturated carbocycles.